The fourth-order valence-corrected chi connectivity index (χ4v) is 2.53. The van der Waals surface area contributed by atoms with E-state index in [9.17, 15) is 0 Å². The number of aromatic nitrogens is 4. The smallest absolute Gasteiger partial charge is 0.108 e. The molecule has 0 spiro atoms. The highest BCUT2D eigenvalue weighted by Gasteiger charge is 2.07. The van der Waals surface area contributed by atoms with Gasteiger partial charge in [0.1, 0.15) is 5.82 Å². The number of nitrogens with one attached hydrogen (secondary N) is 1. The second-order valence-electron chi connectivity index (χ2n) is 5.28. The van der Waals surface area contributed by atoms with Crippen LogP contribution in [0.5, 0.6) is 0 Å². The van der Waals surface area contributed by atoms with Gasteiger partial charge in [-0.3, -0.25) is 4.68 Å². The Morgan fingerprint density at radius 2 is 2.19 bits per heavy atom. The summed E-state index contributed by atoms with van der Waals surface area (Å²) in [6.07, 6.45) is 2.70. The molecule has 3 aromatic rings. The molecule has 0 amide bonds. The normalized spacial score (nSPS) is 11.6. The number of likely N-dealkylation sites (N-methyl/N-ethyl adjacent to an activating group) is 1. The molecule has 1 aromatic carbocycles. The molecule has 0 aliphatic rings. The lowest BCUT2D eigenvalue weighted by Gasteiger charge is -2.15. The van der Waals surface area contributed by atoms with Crippen LogP contribution in [-0.4, -0.2) is 38.2 Å². The molecule has 2 aromatic heterocycles. The Hall–Kier alpha value is -1.85. The molecule has 0 bridgehead atoms. The lowest BCUT2D eigenvalue weighted by molar-refractivity contribution is 0.319. The molecule has 0 saturated heterocycles. The van der Waals surface area contributed by atoms with Crippen LogP contribution in [0.25, 0.3) is 11.0 Å². The van der Waals surface area contributed by atoms with Crippen molar-refractivity contribution < 1.29 is 0 Å². The standard InChI is InChI=1S/C15H18ClN5/c1-20(10-12-5-7-17-21(12)2)8-6-15-18-13-4-3-11(16)9-14(13)19-15/h3-5,7,9H,6,8,10H2,1-2H3,(H,18,19). The van der Waals surface area contributed by atoms with Gasteiger partial charge >= 0.3 is 0 Å². The third-order valence-corrected chi connectivity index (χ3v) is 3.81. The summed E-state index contributed by atoms with van der Waals surface area (Å²) in [5, 5.41) is 4.91. The first-order valence-corrected chi connectivity index (χ1v) is 7.29. The van der Waals surface area contributed by atoms with Gasteiger partial charge in [-0.25, -0.2) is 4.98 Å². The number of fused-ring (bicyclic) bond motifs is 1. The number of aromatic amines is 1. The van der Waals surface area contributed by atoms with Crippen molar-refractivity contribution in [3.05, 3.63) is 47.0 Å². The molecule has 0 fully saturated rings. The number of hydrogen-bond acceptors (Lipinski definition) is 3. The minimum Gasteiger partial charge on any atom is -0.342 e. The van der Waals surface area contributed by atoms with Gasteiger partial charge in [-0.05, 0) is 31.3 Å². The van der Waals surface area contributed by atoms with Crippen molar-refractivity contribution in [2.75, 3.05) is 13.6 Å². The van der Waals surface area contributed by atoms with E-state index in [-0.39, 0.29) is 0 Å². The lowest BCUT2D eigenvalue weighted by atomic mass is 10.3. The summed E-state index contributed by atoms with van der Waals surface area (Å²) >= 11 is 5.99. The van der Waals surface area contributed by atoms with E-state index in [2.05, 4.69) is 27.0 Å². The van der Waals surface area contributed by atoms with Crippen molar-refractivity contribution in [1.29, 1.82) is 0 Å². The van der Waals surface area contributed by atoms with Crippen molar-refractivity contribution in [2.45, 2.75) is 13.0 Å². The van der Waals surface area contributed by atoms with Crippen LogP contribution < -0.4 is 0 Å². The first-order valence-electron chi connectivity index (χ1n) is 6.91. The van der Waals surface area contributed by atoms with Gasteiger partial charge in [-0.2, -0.15) is 5.10 Å². The predicted molar refractivity (Wildman–Crippen MR) is 84.3 cm³/mol. The average molecular weight is 304 g/mol. The van der Waals surface area contributed by atoms with Crippen LogP contribution in [0, 0.1) is 0 Å². The van der Waals surface area contributed by atoms with Gasteiger partial charge in [0.2, 0.25) is 0 Å². The zero-order valence-corrected chi connectivity index (χ0v) is 12.9. The number of aryl methyl sites for hydroxylation is 1. The first-order chi connectivity index (χ1) is 10.1. The van der Waals surface area contributed by atoms with Gasteiger partial charge in [0.15, 0.2) is 0 Å². The van der Waals surface area contributed by atoms with Crippen LogP contribution in [0.3, 0.4) is 0 Å². The van der Waals surface area contributed by atoms with Crippen molar-refractivity contribution in [1.82, 2.24) is 24.6 Å². The van der Waals surface area contributed by atoms with E-state index in [1.807, 2.05) is 42.2 Å². The Morgan fingerprint density at radius 1 is 1.33 bits per heavy atom. The predicted octanol–water partition coefficient (Wildman–Crippen LogP) is 2.62. The maximum atomic E-state index is 5.99. The van der Waals surface area contributed by atoms with Crippen molar-refractivity contribution in [2.24, 2.45) is 7.05 Å². The molecule has 2 heterocycles. The molecule has 1 N–H and O–H groups in total. The minimum absolute atomic E-state index is 0.728. The monoisotopic (exact) mass is 303 g/mol. The fourth-order valence-electron chi connectivity index (χ4n) is 2.36. The van der Waals surface area contributed by atoms with Crippen molar-refractivity contribution in [3.63, 3.8) is 0 Å². The summed E-state index contributed by atoms with van der Waals surface area (Å²) in [6, 6.07) is 7.76. The number of nitrogens with zero attached hydrogens (tertiary/aromatic N) is 4. The van der Waals surface area contributed by atoms with Gasteiger partial charge in [-0.1, -0.05) is 11.6 Å². The molecule has 0 aliphatic carbocycles. The third kappa shape index (κ3) is 3.25. The number of rotatable bonds is 5. The number of halogens is 1. The molecular formula is C15H18ClN5. The number of H-pyrrole nitrogens is 1. The van der Waals surface area contributed by atoms with E-state index in [1.54, 1.807) is 0 Å². The van der Waals surface area contributed by atoms with Crippen molar-refractivity contribution in [3.8, 4) is 0 Å². The van der Waals surface area contributed by atoms with Crippen LogP contribution in [0.4, 0.5) is 0 Å². The number of imidazole rings is 1. The Kier molecular flexibility index (Phi) is 3.94. The van der Waals surface area contributed by atoms with Gasteiger partial charge in [0, 0.05) is 37.8 Å². The Bertz CT molecular complexity index is 745. The zero-order valence-electron chi connectivity index (χ0n) is 12.2. The van der Waals surface area contributed by atoms with E-state index >= 15 is 0 Å². The van der Waals surface area contributed by atoms with Crippen LogP contribution in [0.1, 0.15) is 11.5 Å². The highest BCUT2D eigenvalue weighted by Crippen LogP contribution is 2.17. The molecule has 0 aliphatic heterocycles. The third-order valence-electron chi connectivity index (χ3n) is 3.58. The van der Waals surface area contributed by atoms with E-state index < -0.39 is 0 Å². The molecule has 0 saturated carbocycles. The molecule has 0 radical (unpaired) electrons. The maximum Gasteiger partial charge on any atom is 0.108 e. The van der Waals surface area contributed by atoms with E-state index in [4.69, 9.17) is 11.6 Å². The summed E-state index contributed by atoms with van der Waals surface area (Å²) in [4.78, 5) is 10.2. The largest absolute Gasteiger partial charge is 0.342 e. The van der Waals surface area contributed by atoms with Crippen LogP contribution in [0.2, 0.25) is 5.02 Å². The van der Waals surface area contributed by atoms with Crippen LogP contribution in [0.15, 0.2) is 30.5 Å². The molecule has 6 heteroatoms. The number of benzene rings is 1. The second kappa shape index (κ2) is 5.87. The van der Waals surface area contributed by atoms with E-state index in [0.29, 0.717) is 0 Å². The van der Waals surface area contributed by atoms with Crippen LogP contribution in [-0.2, 0) is 20.0 Å². The SMILES string of the molecule is CN(CCc1nc2ccc(Cl)cc2[nH]1)Cc1ccnn1C. The molecule has 21 heavy (non-hydrogen) atoms. The Balaban J connectivity index is 1.62. The highest BCUT2D eigenvalue weighted by atomic mass is 35.5. The minimum atomic E-state index is 0.728. The topological polar surface area (TPSA) is 49.7 Å². The van der Waals surface area contributed by atoms with E-state index in [1.165, 1.54) is 5.69 Å². The molecule has 0 unspecified atom stereocenters. The van der Waals surface area contributed by atoms with Crippen molar-refractivity contribution >= 4 is 22.6 Å². The summed E-state index contributed by atoms with van der Waals surface area (Å²) < 4.78 is 1.90. The average Bonchev–Trinajstić information content (AvgIpc) is 3.02. The van der Waals surface area contributed by atoms with Gasteiger partial charge in [0.25, 0.3) is 0 Å². The maximum absolute atomic E-state index is 5.99. The summed E-state index contributed by atoms with van der Waals surface area (Å²) in [5.41, 5.74) is 3.16. The summed E-state index contributed by atoms with van der Waals surface area (Å²) in [7, 11) is 4.07. The lowest BCUT2D eigenvalue weighted by Crippen LogP contribution is -2.22. The summed E-state index contributed by atoms with van der Waals surface area (Å²) in [6.45, 7) is 1.81. The molecule has 5 nitrogen and oxygen atoms in total. The summed E-state index contributed by atoms with van der Waals surface area (Å²) in [5.74, 6) is 0.990. The van der Waals surface area contributed by atoms with Crippen LogP contribution >= 0.6 is 11.6 Å². The molecular weight excluding hydrogens is 286 g/mol. The fraction of sp³-hybridized carbons (Fsp3) is 0.333. The number of hydrogen-bond donors (Lipinski definition) is 1. The first kappa shape index (κ1) is 14.1. The Morgan fingerprint density at radius 3 is 2.95 bits per heavy atom. The van der Waals surface area contributed by atoms with Gasteiger partial charge in [0.05, 0.1) is 16.7 Å². The molecule has 110 valence electrons. The van der Waals surface area contributed by atoms with E-state index in [0.717, 1.165) is 41.4 Å². The highest BCUT2D eigenvalue weighted by molar-refractivity contribution is 6.31. The zero-order chi connectivity index (χ0) is 14.8. The Labute approximate surface area is 128 Å². The quantitative estimate of drug-likeness (QED) is 0.788. The molecule has 0 atom stereocenters. The van der Waals surface area contributed by atoms with Gasteiger partial charge in [-0.15, -0.1) is 0 Å². The second-order valence-corrected chi connectivity index (χ2v) is 5.72. The molecule has 3 rings (SSSR count). The van der Waals surface area contributed by atoms with Gasteiger partial charge < -0.3 is 9.88 Å².